The molecular formula is C13H16N2O5S. The van der Waals surface area contributed by atoms with Gasteiger partial charge in [-0.25, -0.2) is 8.42 Å². The molecule has 114 valence electrons. The van der Waals surface area contributed by atoms with Crippen LogP contribution in [0.3, 0.4) is 0 Å². The van der Waals surface area contributed by atoms with Crippen molar-refractivity contribution in [2.45, 2.75) is 37.6 Å². The van der Waals surface area contributed by atoms with E-state index >= 15 is 0 Å². The van der Waals surface area contributed by atoms with E-state index in [-0.39, 0.29) is 10.8 Å². The highest BCUT2D eigenvalue weighted by atomic mass is 32.2. The summed E-state index contributed by atoms with van der Waals surface area (Å²) < 4.78 is 23.8. The van der Waals surface area contributed by atoms with Gasteiger partial charge in [0.2, 0.25) is 15.7 Å². The van der Waals surface area contributed by atoms with Gasteiger partial charge in [0.05, 0.1) is 4.90 Å². The Balaban J connectivity index is 2.49. The monoisotopic (exact) mass is 312 g/mol. The molecule has 0 bridgehead atoms. The molecule has 1 aliphatic rings. The number of fused-ring (bicyclic) bond motifs is 1. The fourth-order valence-electron chi connectivity index (χ4n) is 2.80. The number of hydrogen-bond donors (Lipinski definition) is 0. The third-order valence-electron chi connectivity index (χ3n) is 3.47. The SMILES string of the molecule is CC(=O)N1c2ccc(S(=O)(=O)C[N+](=O)[O-])cc2CC1(C)C. The second-order valence-electron chi connectivity index (χ2n) is 5.71. The van der Waals surface area contributed by atoms with Gasteiger partial charge in [-0.2, -0.15) is 0 Å². The minimum Gasteiger partial charge on any atom is -0.307 e. The quantitative estimate of drug-likeness (QED) is 0.620. The fourth-order valence-corrected chi connectivity index (χ4v) is 3.82. The van der Waals surface area contributed by atoms with Gasteiger partial charge >= 0.3 is 5.88 Å². The van der Waals surface area contributed by atoms with Gasteiger partial charge in [0, 0.05) is 23.1 Å². The Hall–Kier alpha value is -1.96. The van der Waals surface area contributed by atoms with Crippen molar-refractivity contribution in [3.05, 3.63) is 33.9 Å². The first kappa shape index (κ1) is 15.4. The lowest BCUT2D eigenvalue weighted by Gasteiger charge is -2.31. The molecule has 0 radical (unpaired) electrons. The van der Waals surface area contributed by atoms with E-state index in [1.165, 1.54) is 25.1 Å². The second-order valence-corrected chi connectivity index (χ2v) is 7.67. The minimum atomic E-state index is -3.96. The van der Waals surface area contributed by atoms with Gasteiger partial charge in [-0.1, -0.05) is 0 Å². The average molecular weight is 312 g/mol. The van der Waals surface area contributed by atoms with Crippen molar-refractivity contribution in [3.8, 4) is 0 Å². The zero-order valence-corrected chi connectivity index (χ0v) is 12.8. The number of rotatable bonds is 3. The molecule has 1 aromatic rings. The summed E-state index contributed by atoms with van der Waals surface area (Å²) in [6.45, 7) is 5.23. The zero-order chi connectivity index (χ0) is 16.0. The van der Waals surface area contributed by atoms with Crippen LogP contribution in [0, 0.1) is 10.1 Å². The van der Waals surface area contributed by atoms with Crippen molar-refractivity contribution < 1.29 is 18.1 Å². The first-order valence-corrected chi connectivity index (χ1v) is 7.98. The summed E-state index contributed by atoms with van der Waals surface area (Å²) >= 11 is 0. The summed E-state index contributed by atoms with van der Waals surface area (Å²) in [7, 11) is -3.96. The molecule has 0 atom stereocenters. The van der Waals surface area contributed by atoms with Gasteiger partial charge in [0.25, 0.3) is 0 Å². The molecule has 2 rings (SSSR count). The molecular weight excluding hydrogens is 296 g/mol. The molecule has 7 nitrogen and oxygen atoms in total. The molecule has 0 saturated heterocycles. The van der Waals surface area contributed by atoms with E-state index in [1.54, 1.807) is 4.90 Å². The number of carbonyl (C=O) groups is 1. The van der Waals surface area contributed by atoms with E-state index in [0.717, 1.165) is 0 Å². The Kier molecular flexibility index (Phi) is 3.53. The molecule has 0 unspecified atom stereocenters. The molecule has 0 fully saturated rings. The van der Waals surface area contributed by atoms with Crippen LogP contribution in [-0.4, -0.2) is 30.7 Å². The Morgan fingerprint density at radius 1 is 1.43 bits per heavy atom. The number of benzene rings is 1. The predicted octanol–water partition coefficient (Wildman–Crippen LogP) is 1.38. The van der Waals surface area contributed by atoms with Crippen molar-refractivity contribution >= 4 is 21.4 Å². The van der Waals surface area contributed by atoms with Gasteiger partial charge in [-0.15, -0.1) is 0 Å². The summed E-state index contributed by atoms with van der Waals surface area (Å²) in [4.78, 5) is 22.9. The lowest BCUT2D eigenvalue weighted by Crippen LogP contribution is -2.44. The van der Waals surface area contributed by atoms with Gasteiger partial charge in [0.15, 0.2) is 0 Å². The van der Waals surface area contributed by atoms with E-state index in [9.17, 15) is 23.3 Å². The van der Waals surface area contributed by atoms with Crippen molar-refractivity contribution in [3.63, 3.8) is 0 Å². The van der Waals surface area contributed by atoms with Crippen LogP contribution in [0.25, 0.3) is 0 Å². The standard InChI is InChI=1S/C13H16N2O5S/c1-9(16)15-12-5-4-11(21(19,20)8-14(17)18)6-10(12)7-13(15,2)3/h4-6H,7-8H2,1-3H3. The first-order chi connectivity index (χ1) is 9.54. The Morgan fingerprint density at radius 3 is 2.57 bits per heavy atom. The molecule has 0 aliphatic carbocycles. The average Bonchev–Trinajstić information content (AvgIpc) is 2.55. The number of anilines is 1. The van der Waals surface area contributed by atoms with E-state index in [1.807, 2.05) is 13.8 Å². The third-order valence-corrected chi connectivity index (χ3v) is 4.99. The Labute approximate surface area is 122 Å². The number of nitrogens with zero attached hydrogens (tertiary/aromatic N) is 2. The lowest BCUT2D eigenvalue weighted by molar-refractivity contribution is -0.458. The summed E-state index contributed by atoms with van der Waals surface area (Å²) in [6.07, 6.45) is 0.504. The number of nitro groups is 1. The van der Waals surface area contributed by atoms with Crippen molar-refractivity contribution in [1.29, 1.82) is 0 Å². The largest absolute Gasteiger partial charge is 0.307 e. The van der Waals surface area contributed by atoms with Crippen LogP contribution in [0.2, 0.25) is 0 Å². The third kappa shape index (κ3) is 2.76. The molecule has 0 saturated carbocycles. The summed E-state index contributed by atoms with van der Waals surface area (Å²) in [5.74, 6) is -1.26. The number of sulfone groups is 1. The molecule has 1 heterocycles. The van der Waals surface area contributed by atoms with Gasteiger partial charge < -0.3 is 4.90 Å². The maximum absolute atomic E-state index is 11.9. The first-order valence-electron chi connectivity index (χ1n) is 6.33. The molecule has 0 aromatic heterocycles. The fraction of sp³-hybridized carbons (Fsp3) is 0.462. The van der Waals surface area contributed by atoms with Crippen molar-refractivity contribution in [2.24, 2.45) is 0 Å². The van der Waals surface area contributed by atoms with Gasteiger partial charge in [-0.05, 0) is 44.0 Å². The van der Waals surface area contributed by atoms with Crippen LogP contribution in [0.15, 0.2) is 23.1 Å². The highest BCUT2D eigenvalue weighted by Gasteiger charge is 2.39. The zero-order valence-electron chi connectivity index (χ0n) is 12.0. The maximum atomic E-state index is 11.9. The Bertz CT molecular complexity index is 724. The molecule has 0 N–H and O–H groups in total. The maximum Gasteiger partial charge on any atom is 0.305 e. The van der Waals surface area contributed by atoms with Crippen LogP contribution < -0.4 is 4.90 Å². The number of carbonyl (C=O) groups excluding carboxylic acids is 1. The van der Waals surface area contributed by atoms with Crippen LogP contribution in [-0.2, 0) is 21.1 Å². The van der Waals surface area contributed by atoms with Crippen molar-refractivity contribution in [1.82, 2.24) is 0 Å². The molecule has 21 heavy (non-hydrogen) atoms. The van der Waals surface area contributed by atoms with E-state index < -0.39 is 26.2 Å². The van der Waals surface area contributed by atoms with Crippen molar-refractivity contribution in [2.75, 3.05) is 10.8 Å². The molecule has 1 amide bonds. The van der Waals surface area contributed by atoms with E-state index in [2.05, 4.69) is 0 Å². The van der Waals surface area contributed by atoms with Gasteiger partial charge in [-0.3, -0.25) is 14.9 Å². The summed E-state index contributed by atoms with van der Waals surface area (Å²) in [6, 6.07) is 4.28. The van der Waals surface area contributed by atoms with Crippen LogP contribution >= 0.6 is 0 Å². The second kappa shape index (κ2) is 4.80. The van der Waals surface area contributed by atoms with Crippen LogP contribution in [0.5, 0.6) is 0 Å². The van der Waals surface area contributed by atoms with Gasteiger partial charge in [0.1, 0.15) is 0 Å². The number of amides is 1. The topological polar surface area (TPSA) is 97.6 Å². The molecule has 1 aliphatic heterocycles. The minimum absolute atomic E-state index is 0.0841. The summed E-state index contributed by atoms with van der Waals surface area (Å²) in [5, 5.41) is 10.4. The smallest absolute Gasteiger partial charge is 0.305 e. The Morgan fingerprint density at radius 2 is 2.05 bits per heavy atom. The van der Waals surface area contributed by atoms with Crippen LogP contribution in [0.4, 0.5) is 5.69 Å². The normalized spacial score (nSPS) is 16.6. The van der Waals surface area contributed by atoms with Crippen LogP contribution in [0.1, 0.15) is 26.3 Å². The van der Waals surface area contributed by atoms with E-state index in [4.69, 9.17) is 0 Å². The summed E-state index contributed by atoms with van der Waals surface area (Å²) in [5.41, 5.74) is 0.923. The predicted molar refractivity (Wildman–Crippen MR) is 76.4 cm³/mol. The molecule has 8 heteroatoms. The molecule has 1 aromatic carbocycles. The highest BCUT2D eigenvalue weighted by molar-refractivity contribution is 7.91. The highest BCUT2D eigenvalue weighted by Crippen LogP contribution is 2.39. The lowest BCUT2D eigenvalue weighted by atomic mass is 9.99. The molecule has 0 spiro atoms. The number of hydrogen-bond acceptors (Lipinski definition) is 5. The van der Waals surface area contributed by atoms with E-state index in [0.29, 0.717) is 17.7 Å².